The van der Waals surface area contributed by atoms with E-state index in [9.17, 15) is 10.2 Å². The molecule has 3 heteroatoms. The Balaban J connectivity index is 2.25. The van der Waals surface area contributed by atoms with E-state index in [1.54, 1.807) is 0 Å². The maximum atomic E-state index is 9.95. The molecule has 0 saturated carbocycles. The van der Waals surface area contributed by atoms with Gasteiger partial charge in [-0.05, 0) is 37.6 Å². The first-order valence-electron chi connectivity index (χ1n) is 6.39. The average molecular weight is 229 g/mol. The Bertz CT molecular complexity index is 210. The first-order chi connectivity index (χ1) is 7.30. The van der Waals surface area contributed by atoms with Gasteiger partial charge in [0, 0.05) is 13.1 Å². The lowest BCUT2D eigenvalue weighted by Crippen LogP contribution is -2.32. The van der Waals surface area contributed by atoms with Gasteiger partial charge >= 0.3 is 0 Å². The van der Waals surface area contributed by atoms with Crippen LogP contribution in [0.5, 0.6) is 0 Å². The molecule has 3 unspecified atom stereocenters. The second-order valence-corrected chi connectivity index (χ2v) is 6.26. The molecule has 1 heterocycles. The number of hydrogen-bond acceptors (Lipinski definition) is 3. The van der Waals surface area contributed by atoms with Crippen LogP contribution in [0.4, 0.5) is 0 Å². The van der Waals surface area contributed by atoms with Crippen molar-refractivity contribution in [3.63, 3.8) is 0 Å². The maximum absolute atomic E-state index is 9.95. The van der Waals surface area contributed by atoms with E-state index in [1.165, 1.54) is 0 Å². The molecule has 1 aliphatic heterocycles. The summed E-state index contributed by atoms with van der Waals surface area (Å²) in [5.41, 5.74) is -0.0244. The molecule has 0 spiro atoms. The van der Waals surface area contributed by atoms with Crippen LogP contribution in [0.3, 0.4) is 0 Å². The van der Waals surface area contributed by atoms with Crippen LogP contribution in [0.2, 0.25) is 0 Å². The molecule has 0 aromatic carbocycles. The topological polar surface area (TPSA) is 43.7 Å². The van der Waals surface area contributed by atoms with Crippen molar-refractivity contribution in [2.75, 3.05) is 19.6 Å². The molecule has 0 aromatic rings. The first-order valence-corrected chi connectivity index (χ1v) is 6.39. The highest BCUT2D eigenvalue weighted by atomic mass is 16.3. The van der Waals surface area contributed by atoms with E-state index in [0.717, 1.165) is 32.5 Å². The van der Waals surface area contributed by atoms with Gasteiger partial charge in [0.15, 0.2) is 0 Å². The van der Waals surface area contributed by atoms with Crippen LogP contribution in [0.15, 0.2) is 0 Å². The standard InChI is InChI=1S/C13H27NO2/c1-10(15)11-5-7-14(9-11)8-6-12(16)13(2,3)4/h10-12,15-16H,5-9H2,1-4H3. The summed E-state index contributed by atoms with van der Waals surface area (Å²) in [5, 5.41) is 19.4. The predicted molar refractivity (Wildman–Crippen MR) is 66.3 cm³/mol. The number of hydrogen-bond donors (Lipinski definition) is 2. The van der Waals surface area contributed by atoms with Gasteiger partial charge in [0.25, 0.3) is 0 Å². The zero-order chi connectivity index (χ0) is 12.3. The van der Waals surface area contributed by atoms with Crippen molar-refractivity contribution in [2.24, 2.45) is 11.3 Å². The van der Waals surface area contributed by atoms with E-state index < -0.39 is 0 Å². The van der Waals surface area contributed by atoms with Gasteiger partial charge in [0.1, 0.15) is 0 Å². The second kappa shape index (κ2) is 5.48. The van der Waals surface area contributed by atoms with Crippen molar-refractivity contribution < 1.29 is 10.2 Å². The zero-order valence-electron chi connectivity index (χ0n) is 11.1. The molecule has 0 amide bonds. The van der Waals surface area contributed by atoms with Gasteiger partial charge < -0.3 is 15.1 Å². The number of aliphatic hydroxyl groups excluding tert-OH is 2. The number of rotatable bonds is 4. The molecule has 0 bridgehead atoms. The Hall–Kier alpha value is -0.120. The van der Waals surface area contributed by atoms with Crippen LogP contribution in [-0.2, 0) is 0 Å². The number of aliphatic hydroxyl groups is 2. The summed E-state index contributed by atoms with van der Waals surface area (Å²) >= 11 is 0. The predicted octanol–water partition coefficient (Wildman–Crippen LogP) is 1.49. The van der Waals surface area contributed by atoms with Crippen LogP contribution in [-0.4, -0.2) is 47.0 Å². The SMILES string of the molecule is CC(O)C1CCN(CCC(O)C(C)(C)C)C1. The highest BCUT2D eigenvalue weighted by Gasteiger charge is 2.27. The summed E-state index contributed by atoms with van der Waals surface area (Å²) in [6, 6.07) is 0. The van der Waals surface area contributed by atoms with E-state index in [2.05, 4.69) is 25.7 Å². The van der Waals surface area contributed by atoms with Crippen molar-refractivity contribution in [3.05, 3.63) is 0 Å². The highest BCUT2D eigenvalue weighted by Crippen LogP contribution is 2.24. The average Bonchev–Trinajstić information content (AvgIpc) is 2.60. The lowest BCUT2D eigenvalue weighted by Gasteiger charge is -2.27. The summed E-state index contributed by atoms with van der Waals surface area (Å²) in [6.45, 7) is 11.1. The third-order valence-electron chi connectivity index (χ3n) is 3.71. The van der Waals surface area contributed by atoms with Gasteiger partial charge in [-0.2, -0.15) is 0 Å². The summed E-state index contributed by atoms with van der Waals surface area (Å²) in [7, 11) is 0. The van der Waals surface area contributed by atoms with Gasteiger partial charge in [-0.25, -0.2) is 0 Å². The largest absolute Gasteiger partial charge is 0.393 e. The van der Waals surface area contributed by atoms with Crippen LogP contribution in [0, 0.1) is 11.3 Å². The molecular weight excluding hydrogens is 202 g/mol. The van der Waals surface area contributed by atoms with Crippen LogP contribution in [0.25, 0.3) is 0 Å². The van der Waals surface area contributed by atoms with Gasteiger partial charge in [0.05, 0.1) is 12.2 Å². The summed E-state index contributed by atoms with van der Waals surface area (Å²) in [5.74, 6) is 0.423. The molecule has 3 nitrogen and oxygen atoms in total. The smallest absolute Gasteiger partial charge is 0.0600 e. The van der Waals surface area contributed by atoms with E-state index in [0.29, 0.717) is 5.92 Å². The fourth-order valence-electron chi connectivity index (χ4n) is 2.20. The second-order valence-electron chi connectivity index (χ2n) is 6.26. The molecule has 1 saturated heterocycles. The number of nitrogens with zero attached hydrogens (tertiary/aromatic N) is 1. The molecule has 0 aliphatic carbocycles. The highest BCUT2D eigenvalue weighted by molar-refractivity contribution is 4.81. The minimum absolute atomic E-state index is 0.0244. The fraction of sp³-hybridized carbons (Fsp3) is 1.00. The Labute approximate surface area is 99.5 Å². The van der Waals surface area contributed by atoms with E-state index in [1.807, 2.05) is 6.92 Å². The van der Waals surface area contributed by atoms with Gasteiger partial charge in [-0.15, -0.1) is 0 Å². The molecule has 3 atom stereocenters. The maximum Gasteiger partial charge on any atom is 0.0600 e. The van der Waals surface area contributed by atoms with Gasteiger partial charge in [-0.3, -0.25) is 0 Å². The molecule has 0 radical (unpaired) electrons. The van der Waals surface area contributed by atoms with E-state index in [-0.39, 0.29) is 17.6 Å². The normalized spacial score (nSPS) is 27.0. The number of likely N-dealkylation sites (tertiary alicyclic amines) is 1. The Morgan fingerprint density at radius 1 is 1.31 bits per heavy atom. The molecule has 96 valence electrons. The van der Waals surface area contributed by atoms with E-state index in [4.69, 9.17) is 0 Å². The van der Waals surface area contributed by atoms with Crippen molar-refractivity contribution in [3.8, 4) is 0 Å². The molecule has 1 fully saturated rings. The molecular formula is C13H27NO2. The first kappa shape index (κ1) is 13.9. The molecule has 0 aromatic heterocycles. The third-order valence-corrected chi connectivity index (χ3v) is 3.71. The van der Waals surface area contributed by atoms with Crippen LogP contribution >= 0.6 is 0 Å². The lowest BCUT2D eigenvalue weighted by molar-refractivity contribution is 0.0465. The summed E-state index contributed by atoms with van der Waals surface area (Å²) in [4.78, 5) is 2.35. The molecule has 16 heavy (non-hydrogen) atoms. The molecule has 2 N–H and O–H groups in total. The lowest BCUT2D eigenvalue weighted by atomic mass is 9.87. The third kappa shape index (κ3) is 4.04. The molecule has 1 aliphatic rings. The van der Waals surface area contributed by atoms with E-state index >= 15 is 0 Å². The van der Waals surface area contributed by atoms with Crippen LogP contribution in [0.1, 0.15) is 40.5 Å². The monoisotopic (exact) mass is 229 g/mol. The van der Waals surface area contributed by atoms with Crippen molar-refractivity contribution >= 4 is 0 Å². The Morgan fingerprint density at radius 2 is 1.94 bits per heavy atom. The Kier molecular flexibility index (Phi) is 4.77. The minimum atomic E-state index is -0.238. The summed E-state index contributed by atoms with van der Waals surface area (Å²) in [6.07, 6.45) is 1.48. The van der Waals surface area contributed by atoms with Crippen molar-refractivity contribution in [2.45, 2.75) is 52.7 Å². The fourth-order valence-corrected chi connectivity index (χ4v) is 2.20. The summed E-state index contributed by atoms with van der Waals surface area (Å²) < 4.78 is 0. The Morgan fingerprint density at radius 3 is 2.38 bits per heavy atom. The quantitative estimate of drug-likeness (QED) is 0.767. The zero-order valence-corrected chi connectivity index (χ0v) is 11.1. The van der Waals surface area contributed by atoms with Crippen molar-refractivity contribution in [1.29, 1.82) is 0 Å². The van der Waals surface area contributed by atoms with Crippen LogP contribution < -0.4 is 0 Å². The van der Waals surface area contributed by atoms with Crippen molar-refractivity contribution in [1.82, 2.24) is 4.90 Å². The minimum Gasteiger partial charge on any atom is -0.393 e. The van der Waals surface area contributed by atoms with Gasteiger partial charge in [0.2, 0.25) is 0 Å². The molecule has 1 rings (SSSR count). The van der Waals surface area contributed by atoms with Gasteiger partial charge in [-0.1, -0.05) is 20.8 Å².